The van der Waals surface area contributed by atoms with E-state index in [1.165, 1.54) is 4.88 Å². The largest absolute Gasteiger partial charge is 0.348 e. The molecule has 3 nitrogen and oxygen atoms in total. The summed E-state index contributed by atoms with van der Waals surface area (Å²) in [6.45, 7) is 2.80. The van der Waals surface area contributed by atoms with Gasteiger partial charge in [0.1, 0.15) is 0 Å². The highest BCUT2D eigenvalue weighted by Gasteiger charge is 2.14. The van der Waals surface area contributed by atoms with Crippen molar-refractivity contribution >= 4 is 17.2 Å². The zero-order valence-electron chi connectivity index (χ0n) is 10.4. The van der Waals surface area contributed by atoms with Crippen molar-refractivity contribution in [2.45, 2.75) is 45.1 Å². The molecule has 0 aliphatic heterocycles. The lowest BCUT2D eigenvalue weighted by Gasteiger charge is -2.16. The van der Waals surface area contributed by atoms with Gasteiger partial charge in [-0.25, -0.2) is 0 Å². The maximum atomic E-state index is 11.8. The molecule has 1 aromatic heterocycles. The SMILES string of the molecule is CCCC(NC(=O)CCCCN)c1cccs1. The zero-order valence-corrected chi connectivity index (χ0v) is 11.3. The first kappa shape index (κ1) is 14.2. The van der Waals surface area contributed by atoms with Gasteiger partial charge < -0.3 is 11.1 Å². The number of nitrogens with two attached hydrogens (primary N) is 1. The predicted molar refractivity (Wildman–Crippen MR) is 73.0 cm³/mol. The van der Waals surface area contributed by atoms with Gasteiger partial charge in [0, 0.05) is 11.3 Å². The van der Waals surface area contributed by atoms with Gasteiger partial charge in [0.05, 0.1) is 6.04 Å². The fourth-order valence-electron chi connectivity index (χ4n) is 1.76. The monoisotopic (exact) mass is 254 g/mol. The van der Waals surface area contributed by atoms with E-state index in [2.05, 4.69) is 23.7 Å². The Kier molecular flexibility index (Phi) is 6.89. The van der Waals surface area contributed by atoms with Crippen LogP contribution in [-0.4, -0.2) is 12.5 Å². The minimum absolute atomic E-state index is 0.144. The molecule has 17 heavy (non-hydrogen) atoms. The van der Waals surface area contributed by atoms with Crippen molar-refractivity contribution in [1.82, 2.24) is 5.32 Å². The van der Waals surface area contributed by atoms with E-state index in [0.717, 1.165) is 25.7 Å². The maximum absolute atomic E-state index is 11.8. The molecule has 0 saturated heterocycles. The quantitative estimate of drug-likeness (QED) is 0.701. The van der Waals surface area contributed by atoms with Gasteiger partial charge in [-0.3, -0.25) is 4.79 Å². The molecule has 1 unspecified atom stereocenters. The number of amides is 1. The van der Waals surface area contributed by atoms with Crippen molar-refractivity contribution in [2.24, 2.45) is 5.73 Å². The van der Waals surface area contributed by atoms with E-state index in [0.29, 0.717) is 13.0 Å². The van der Waals surface area contributed by atoms with Gasteiger partial charge in [0.15, 0.2) is 0 Å². The molecule has 3 N–H and O–H groups in total. The first-order valence-corrected chi connectivity index (χ1v) is 7.18. The fourth-order valence-corrected chi connectivity index (χ4v) is 2.57. The first-order chi connectivity index (χ1) is 8.27. The summed E-state index contributed by atoms with van der Waals surface area (Å²) in [5, 5.41) is 5.16. The van der Waals surface area contributed by atoms with Crippen LogP contribution in [0.15, 0.2) is 17.5 Å². The second-order valence-corrected chi connectivity index (χ2v) is 5.15. The molecule has 1 aromatic rings. The summed E-state index contributed by atoms with van der Waals surface area (Å²) in [7, 11) is 0. The number of nitrogens with one attached hydrogen (secondary N) is 1. The van der Waals surface area contributed by atoms with Gasteiger partial charge in [-0.05, 0) is 37.3 Å². The lowest BCUT2D eigenvalue weighted by molar-refractivity contribution is -0.122. The molecule has 0 saturated carbocycles. The number of thiophene rings is 1. The molecule has 0 fully saturated rings. The second kappa shape index (κ2) is 8.25. The third-order valence-corrected chi connectivity index (χ3v) is 3.64. The molecule has 1 heterocycles. The van der Waals surface area contributed by atoms with E-state index in [-0.39, 0.29) is 11.9 Å². The maximum Gasteiger partial charge on any atom is 0.220 e. The molecular formula is C13H22N2OS. The Bertz CT molecular complexity index is 311. The minimum Gasteiger partial charge on any atom is -0.348 e. The van der Waals surface area contributed by atoms with Crippen LogP contribution in [0.2, 0.25) is 0 Å². The highest BCUT2D eigenvalue weighted by molar-refractivity contribution is 7.10. The minimum atomic E-state index is 0.144. The Morgan fingerprint density at radius 2 is 2.35 bits per heavy atom. The smallest absolute Gasteiger partial charge is 0.220 e. The average Bonchev–Trinajstić information content (AvgIpc) is 2.82. The molecule has 0 radical (unpaired) electrons. The molecule has 0 aliphatic carbocycles. The molecule has 1 rings (SSSR count). The van der Waals surface area contributed by atoms with Gasteiger partial charge in [-0.1, -0.05) is 19.4 Å². The zero-order chi connectivity index (χ0) is 12.5. The van der Waals surface area contributed by atoms with E-state index >= 15 is 0 Å². The molecule has 1 amide bonds. The number of hydrogen-bond acceptors (Lipinski definition) is 3. The van der Waals surface area contributed by atoms with Gasteiger partial charge in [0.2, 0.25) is 5.91 Å². The van der Waals surface area contributed by atoms with Crippen LogP contribution in [0.4, 0.5) is 0 Å². The third kappa shape index (κ3) is 5.33. The Balaban J connectivity index is 2.41. The van der Waals surface area contributed by atoms with Gasteiger partial charge in [-0.15, -0.1) is 11.3 Å². The van der Waals surface area contributed by atoms with Crippen LogP contribution >= 0.6 is 11.3 Å². The Labute approximate surface area is 107 Å². The number of unbranched alkanes of at least 4 members (excludes halogenated alkanes) is 1. The molecule has 0 aliphatic rings. The third-order valence-electron chi connectivity index (χ3n) is 2.66. The van der Waals surface area contributed by atoms with Crippen molar-refractivity contribution in [3.05, 3.63) is 22.4 Å². The highest BCUT2D eigenvalue weighted by atomic mass is 32.1. The van der Waals surface area contributed by atoms with Gasteiger partial charge in [-0.2, -0.15) is 0 Å². The van der Waals surface area contributed by atoms with Crippen LogP contribution in [-0.2, 0) is 4.79 Å². The lowest BCUT2D eigenvalue weighted by atomic mass is 10.1. The Hall–Kier alpha value is -0.870. The number of hydrogen-bond donors (Lipinski definition) is 2. The number of carbonyl (C=O) groups excluding carboxylic acids is 1. The van der Waals surface area contributed by atoms with Crippen LogP contribution < -0.4 is 11.1 Å². The van der Waals surface area contributed by atoms with Crippen LogP contribution in [0.3, 0.4) is 0 Å². The Morgan fingerprint density at radius 1 is 1.53 bits per heavy atom. The number of carbonyl (C=O) groups is 1. The molecule has 4 heteroatoms. The van der Waals surface area contributed by atoms with Crippen molar-refractivity contribution in [3.8, 4) is 0 Å². The second-order valence-electron chi connectivity index (χ2n) is 4.17. The predicted octanol–water partition coefficient (Wildman–Crippen LogP) is 2.83. The highest BCUT2D eigenvalue weighted by Crippen LogP contribution is 2.23. The molecular weight excluding hydrogens is 232 g/mol. The standard InChI is InChI=1S/C13H22N2OS/c1-2-6-11(12-7-5-10-17-12)15-13(16)8-3-4-9-14/h5,7,10-11H,2-4,6,8-9,14H2,1H3,(H,15,16). The Morgan fingerprint density at radius 3 is 2.94 bits per heavy atom. The van der Waals surface area contributed by atoms with Crippen molar-refractivity contribution in [1.29, 1.82) is 0 Å². The number of rotatable bonds is 8. The van der Waals surface area contributed by atoms with Crippen LogP contribution in [0.5, 0.6) is 0 Å². The van der Waals surface area contributed by atoms with E-state index in [1.54, 1.807) is 11.3 Å². The summed E-state index contributed by atoms with van der Waals surface area (Å²) in [5.74, 6) is 0.144. The van der Waals surface area contributed by atoms with Crippen LogP contribution in [0.1, 0.15) is 49.9 Å². The summed E-state index contributed by atoms with van der Waals surface area (Å²) in [5.41, 5.74) is 5.41. The van der Waals surface area contributed by atoms with Crippen molar-refractivity contribution < 1.29 is 4.79 Å². The molecule has 96 valence electrons. The van der Waals surface area contributed by atoms with Crippen molar-refractivity contribution in [3.63, 3.8) is 0 Å². The molecule has 0 bridgehead atoms. The van der Waals surface area contributed by atoms with Crippen LogP contribution in [0.25, 0.3) is 0 Å². The van der Waals surface area contributed by atoms with Crippen molar-refractivity contribution in [2.75, 3.05) is 6.54 Å². The fraction of sp³-hybridized carbons (Fsp3) is 0.615. The van der Waals surface area contributed by atoms with Gasteiger partial charge >= 0.3 is 0 Å². The van der Waals surface area contributed by atoms with E-state index in [9.17, 15) is 4.79 Å². The normalized spacial score (nSPS) is 12.4. The summed E-state index contributed by atoms with van der Waals surface area (Å²) >= 11 is 1.71. The molecule has 0 aromatic carbocycles. The molecule has 0 spiro atoms. The van der Waals surface area contributed by atoms with E-state index in [1.807, 2.05) is 6.07 Å². The van der Waals surface area contributed by atoms with E-state index in [4.69, 9.17) is 5.73 Å². The van der Waals surface area contributed by atoms with E-state index < -0.39 is 0 Å². The van der Waals surface area contributed by atoms with Gasteiger partial charge in [0.25, 0.3) is 0 Å². The first-order valence-electron chi connectivity index (χ1n) is 6.30. The summed E-state index contributed by atoms with van der Waals surface area (Å²) in [6.07, 6.45) is 4.47. The topological polar surface area (TPSA) is 55.1 Å². The summed E-state index contributed by atoms with van der Waals surface area (Å²) < 4.78 is 0. The summed E-state index contributed by atoms with van der Waals surface area (Å²) in [4.78, 5) is 13.0. The van der Waals surface area contributed by atoms with Crippen LogP contribution in [0, 0.1) is 0 Å². The lowest BCUT2D eigenvalue weighted by Crippen LogP contribution is -2.27. The molecule has 1 atom stereocenters. The average molecular weight is 254 g/mol. The summed E-state index contributed by atoms with van der Waals surface area (Å²) in [6, 6.07) is 4.30.